The van der Waals surface area contributed by atoms with Crippen LogP contribution >= 0.6 is 23.2 Å². The van der Waals surface area contributed by atoms with Gasteiger partial charge in [-0.3, -0.25) is 9.80 Å². The molecule has 0 amide bonds. The second-order valence-corrected chi connectivity index (χ2v) is 10.8. The highest BCUT2D eigenvalue weighted by atomic mass is 35.5. The van der Waals surface area contributed by atoms with Gasteiger partial charge in [0.05, 0.1) is 16.2 Å². The molecule has 2 heterocycles. The number of phenolic OH excluding ortho intramolecular Hbond substituents is 1. The highest BCUT2D eigenvalue weighted by Gasteiger charge is 2.13. The van der Waals surface area contributed by atoms with E-state index in [2.05, 4.69) is 80.6 Å². The van der Waals surface area contributed by atoms with Crippen LogP contribution in [0.4, 0.5) is 0 Å². The molecular weight excluding hydrogens is 533 g/mol. The molecule has 1 aliphatic rings. The summed E-state index contributed by atoms with van der Waals surface area (Å²) < 4.78 is 5.72. The van der Waals surface area contributed by atoms with Crippen LogP contribution in [0.2, 0.25) is 10.0 Å². The minimum Gasteiger partial charge on any atom is -0.505 e. The molecule has 39 heavy (non-hydrogen) atoms. The molecule has 1 N–H and O–H groups in total. The summed E-state index contributed by atoms with van der Waals surface area (Å²) in [7, 11) is 2.15. The molecule has 0 bridgehead atoms. The van der Waals surface area contributed by atoms with Gasteiger partial charge in [0.15, 0.2) is 5.75 Å². The fourth-order valence-electron chi connectivity index (χ4n) is 4.77. The number of nitrogens with zero attached hydrogens (tertiary/aromatic N) is 5. The molecule has 1 aromatic heterocycles. The van der Waals surface area contributed by atoms with Gasteiger partial charge in [0.25, 0.3) is 0 Å². The molecule has 0 aliphatic carbocycles. The monoisotopic (exact) mass is 563 g/mol. The van der Waals surface area contributed by atoms with E-state index in [1.165, 1.54) is 48.8 Å². The number of hydrogen-bond donors (Lipinski definition) is 1. The summed E-state index contributed by atoms with van der Waals surface area (Å²) in [4.78, 5) is 9.10. The van der Waals surface area contributed by atoms with E-state index in [9.17, 15) is 5.11 Å². The molecule has 1 aliphatic heterocycles. The Balaban J connectivity index is 1.11. The molecule has 9 heteroatoms. The summed E-state index contributed by atoms with van der Waals surface area (Å²) in [6.07, 6.45) is 4.17. The number of likely N-dealkylation sites (tertiary alicyclic amines) is 1. The van der Waals surface area contributed by atoms with Crippen molar-refractivity contribution in [2.45, 2.75) is 39.1 Å². The average molecular weight is 565 g/mol. The van der Waals surface area contributed by atoms with Crippen molar-refractivity contribution in [1.29, 1.82) is 0 Å². The van der Waals surface area contributed by atoms with Crippen LogP contribution in [0.15, 0.2) is 66.9 Å². The van der Waals surface area contributed by atoms with E-state index in [1.807, 2.05) is 0 Å². The Morgan fingerprint density at radius 1 is 0.872 bits per heavy atom. The predicted octanol–water partition coefficient (Wildman–Crippen LogP) is 6.36. The molecular formula is C30H31Cl2N5O2. The number of aromatic nitrogens is 3. The lowest BCUT2D eigenvalue weighted by atomic mass is 10.1. The first-order valence-electron chi connectivity index (χ1n) is 13.0. The lowest BCUT2D eigenvalue weighted by molar-refractivity contribution is 0.276. The molecule has 1 fully saturated rings. The van der Waals surface area contributed by atoms with Crippen LogP contribution in [0.1, 0.15) is 35.1 Å². The van der Waals surface area contributed by atoms with E-state index in [-0.39, 0.29) is 21.8 Å². The van der Waals surface area contributed by atoms with Crippen molar-refractivity contribution < 1.29 is 9.84 Å². The highest BCUT2D eigenvalue weighted by molar-refractivity contribution is 6.37. The van der Waals surface area contributed by atoms with Gasteiger partial charge in [-0.05, 0) is 67.4 Å². The smallest absolute Gasteiger partial charge is 0.336 e. The summed E-state index contributed by atoms with van der Waals surface area (Å²) in [5.41, 5.74) is 6.07. The lowest BCUT2D eigenvalue weighted by Crippen LogP contribution is -2.19. The Labute approximate surface area is 239 Å². The van der Waals surface area contributed by atoms with E-state index in [4.69, 9.17) is 27.9 Å². The van der Waals surface area contributed by atoms with Crippen LogP contribution in [0.3, 0.4) is 0 Å². The quantitative estimate of drug-likeness (QED) is 0.240. The maximum Gasteiger partial charge on any atom is 0.336 e. The third-order valence-corrected chi connectivity index (χ3v) is 7.32. The van der Waals surface area contributed by atoms with Gasteiger partial charge in [0.2, 0.25) is 0 Å². The van der Waals surface area contributed by atoms with Gasteiger partial charge >= 0.3 is 6.01 Å². The van der Waals surface area contributed by atoms with Crippen LogP contribution in [0.5, 0.6) is 11.8 Å². The Hall–Kier alpha value is -3.23. The third-order valence-electron chi connectivity index (χ3n) is 6.75. The van der Waals surface area contributed by atoms with Gasteiger partial charge in [0.1, 0.15) is 12.3 Å². The molecule has 1 saturated heterocycles. The summed E-state index contributed by atoms with van der Waals surface area (Å²) >= 11 is 12.0. The number of aromatic hydroxyl groups is 1. The topological polar surface area (TPSA) is 74.6 Å². The van der Waals surface area contributed by atoms with Crippen molar-refractivity contribution in [3.8, 4) is 23.0 Å². The minimum absolute atomic E-state index is 0.136. The van der Waals surface area contributed by atoms with Gasteiger partial charge in [-0.25, -0.2) is 4.98 Å². The zero-order valence-electron chi connectivity index (χ0n) is 21.9. The molecule has 3 aromatic carbocycles. The molecule has 4 aromatic rings. The van der Waals surface area contributed by atoms with E-state index in [1.54, 1.807) is 12.1 Å². The Bertz CT molecular complexity index is 1370. The molecule has 0 radical (unpaired) electrons. The molecule has 7 nitrogen and oxygen atoms in total. The fraction of sp³-hybridized carbons (Fsp3) is 0.300. The number of hydrogen-bond acceptors (Lipinski definition) is 7. The first-order valence-corrected chi connectivity index (χ1v) is 13.8. The highest BCUT2D eigenvalue weighted by Crippen LogP contribution is 2.35. The first-order chi connectivity index (χ1) is 18.9. The van der Waals surface area contributed by atoms with E-state index in [0.717, 1.165) is 25.2 Å². The lowest BCUT2D eigenvalue weighted by Gasteiger charge is -2.19. The number of ether oxygens (including phenoxy) is 1. The molecule has 0 atom stereocenters. The van der Waals surface area contributed by atoms with Crippen molar-refractivity contribution in [3.63, 3.8) is 0 Å². The molecule has 0 spiro atoms. The largest absolute Gasteiger partial charge is 0.505 e. The molecule has 0 saturated carbocycles. The Kier molecular flexibility index (Phi) is 8.94. The van der Waals surface area contributed by atoms with Crippen molar-refractivity contribution in [2.75, 3.05) is 20.1 Å². The average Bonchev–Trinajstić information content (AvgIpc) is 3.44. The van der Waals surface area contributed by atoms with Gasteiger partial charge in [-0.15, -0.1) is 5.10 Å². The van der Waals surface area contributed by atoms with E-state index in [0.29, 0.717) is 17.9 Å². The fourth-order valence-corrected chi connectivity index (χ4v) is 5.26. The second-order valence-electron chi connectivity index (χ2n) is 10.00. The number of rotatable bonds is 10. The predicted molar refractivity (Wildman–Crippen MR) is 154 cm³/mol. The van der Waals surface area contributed by atoms with E-state index >= 15 is 0 Å². The summed E-state index contributed by atoms with van der Waals surface area (Å²) in [6, 6.07) is 20.6. The zero-order valence-corrected chi connectivity index (χ0v) is 23.4. The first kappa shape index (κ1) is 27.3. The van der Waals surface area contributed by atoms with Crippen molar-refractivity contribution >= 4 is 23.2 Å². The molecule has 5 rings (SSSR count). The van der Waals surface area contributed by atoms with Crippen LogP contribution in [0, 0.1) is 0 Å². The van der Waals surface area contributed by atoms with Gasteiger partial charge in [-0.1, -0.05) is 76.8 Å². The Morgan fingerprint density at radius 2 is 1.54 bits per heavy atom. The standard InChI is InChI=1S/C30H31Cl2N5O2/c1-36(18-23-5-4-6-24(13-23)19-37-11-2-3-12-37)17-21-7-9-22(10-8-21)20-39-30-33-16-28(34-35-30)25-14-26(31)29(38)27(32)15-25/h4-10,13-16,38H,2-3,11-12,17-20H2,1H3. The van der Waals surface area contributed by atoms with Gasteiger partial charge in [0, 0.05) is 25.2 Å². The van der Waals surface area contributed by atoms with Crippen molar-refractivity contribution in [2.24, 2.45) is 0 Å². The summed E-state index contributed by atoms with van der Waals surface area (Å²) in [5, 5.41) is 18.2. The SMILES string of the molecule is CN(Cc1ccc(COc2ncc(-c3cc(Cl)c(O)c(Cl)c3)nn2)cc1)Cc1cccc(CN2CCCC2)c1. The van der Waals surface area contributed by atoms with Crippen molar-refractivity contribution in [1.82, 2.24) is 25.0 Å². The van der Waals surface area contributed by atoms with Gasteiger partial charge in [-0.2, -0.15) is 0 Å². The zero-order chi connectivity index (χ0) is 27.2. The van der Waals surface area contributed by atoms with Crippen LogP contribution in [-0.2, 0) is 26.2 Å². The number of halogens is 2. The van der Waals surface area contributed by atoms with Crippen molar-refractivity contribution in [3.05, 3.63) is 99.2 Å². The van der Waals surface area contributed by atoms with E-state index < -0.39 is 0 Å². The summed E-state index contributed by atoms with van der Waals surface area (Å²) in [6.45, 7) is 5.58. The van der Waals surface area contributed by atoms with Crippen LogP contribution < -0.4 is 4.74 Å². The number of benzene rings is 3. The maximum absolute atomic E-state index is 9.73. The normalized spacial score (nSPS) is 13.7. The third kappa shape index (κ3) is 7.46. The minimum atomic E-state index is -0.168. The summed E-state index contributed by atoms with van der Waals surface area (Å²) in [5.74, 6) is -0.168. The van der Waals surface area contributed by atoms with Crippen LogP contribution in [-0.4, -0.2) is 50.2 Å². The Morgan fingerprint density at radius 3 is 2.23 bits per heavy atom. The maximum atomic E-state index is 9.73. The molecule has 0 unspecified atom stereocenters. The number of phenols is 1. The molecule has 202 valence electrons. The van der Waals surface area contributed by atoms with Gasteiger partial charge < -0.3 is 9.84 Å². The second kappa shape index (κ2) is 12.7. The van der Waals surface area contributed by atoms with Crippen LogP contribution in [0.25, 0.3) is 11.3 Å².